The van der Waals surface area contributed by atoms with Crippen molar-refractivity contribution < 1.29 is 9.53 Å². The SMILES string of the molecule is COCCn1c(C)cc(C=NNC(=O)c2ccncc2)c1C. The summed E-state index contributed by atoms with van der Waals surface area (Å²) in [6, 6.07) is 5.32. The smallest absolute Gasteiger partial charge is 0.271 e. The molecule has 0 unspecified atom stereocenters. The summed E-state index contributed by atoms with van der Waals surface area (Å²) in [7, 11) is 1.69. The second kappa shape index (κ2) is 7.51. The third kappa shape index (κ3) is 3.79. The molecular formula is C16H20N4O2. The van der Waals surface area contributed by atoms with Crippen molar-refractivity contribution in [3.05, 3.63) is 53.1 Å². The summed E-state index contributed by atoms with van der Waals surface area (Å²) in [6.45, 7) is 5.52. The topological polar surface area (TPSA) is 68.5 Å². The second-order valence-electron chi connectivity index (χ2n) is 4.91. The molecule has 0 atom stereocenters. The van der Waals surface area contributed by atoms with E-state index < -0.39 is 0 Å². The van der Waals surface area contributed by atoms with Crippen LogP contribution in [-0.2, 0) is 11.3 Å². The minimum Gasteiger partial charge on any atom is -0.383 e. The first-order valence-electron chi connectivity index (χ1n) is 7.02. The Morgan fingerprint density at radius 2 is 2.14 bits per heavy atom. The zero-order valence-electron chi connectivity index (χ0n) is 13.0. The average molecular weight is 300 g/mol. The Morgan fingerprint density at radius 1 is 1.41 bits per heavy atom. The fourth-order valence-corrected chi connectivity index (χ4v) is 2.21. The fourth-order valence-electron chi connectivity index (χ4n) is 2.21. The zero-order chi connectivity index (χ0) is 15.9. The van der Waals surface area contributed by atoms with E-state index in [1.165, 1.54) is 0 Å². The summed E-state index contributed by atoms with van der Waals surface area (Å²) in [5.41, 5.74) is 6.25. The van der Waals surface area contributed by atoms with Crippen LogP contribution >= 0.6 is 0 Å². The van der Waals surface area contributed by atoms with E-state index >= 15 is 0 Å². The van der Waals surface area contributed by atoms with Gasteiger partial charge >= 0.3 is 0 Å². The molecule has 0 saturated heterocycles. The Morgan fingerprint density at radius 3 is 2.82 bits per heavy atom. The number of hydrazone groups is 1. The van der Waals surface area contributed by atoms with Crippen LogP contribution in [0, 0.1) is 13.8 Å². The quantitative estimate of drug-likeness (QED) is 0.654. The van der Waals surface area contributed by atoms with E-state index in [9.17, 15) is 4.79 Å². The summed E-state index contributed by atoms with van der Waals surface area (Å²) in [5.74, 6) is -0.258. The molecule has 0 spiro atoms. The monoisotopic (exact) mass is 300 g/mol. The molecule has 116 valence electrons. The van der Waals surface area contributed by atoms with Gasteiger partial charge in [0.25, 0.3) is 5.91 Å². The number of carbonyl (C=O) groups excluding carboxylic acids is 1. The number of hydrogen-bond donors (Lipinski definition) is 1. The molecule has 0 aromatic carbocycles. The molecule has 0 radical (unpaired) electrons. The van der Waals surface area contributed by atoms with Crippen LogP contribution in [0.1, 0.15) is 27.3 Å². The van der Waals surface area contributed by atoms with E-state index in [1.807, 2.05) is 19.9 Å². The molecule has 6 heteroatoms. The maximum absolute atomic E-state index is 11.9. The van der Waals surface area contributed by atoms with Crippen LogP contribution in [0.2, 0.25) is 0 Å². The van der Waals surface area contributed by atoms with Gasteiger partial charge in [-0.15, -0.1) is 0 Å². The van der Waals surface area contributed by atoms with E-state index in [4.69, 9.17) is 4.74 Å². The van der Waals surface area contributed by atoms with Crippen molar-refractivity contribution in [3.63, 3.8) is 0 Å². The zero-order valence-corrected chi connectivity index (χ0v) is 13.0. The van der Waals surface area contributed by atoms with Gasteiger partial charge in [-0.3, -0.25) is 9.78 Å². The lowest BCUT2D eigenvalue weighted by atomic mass is 10.2. The van der Waals surface area contributed by atoms with Crippen LogP contribution in [0.3, 0.4) is 0 Å². The van der Waals surface area contributed by atoms with Crippen LogP contribution in [-0.4, -0.2) is 35.4 Å². The molecule has 0 fully saturated rings. The number of aryl methyl sites for hydroxylation is 1. The number of nitrogens with one attached hydrogen (secondary N) is 1. The van der Waals surface area contributed by atoms with Gasteiger partial charge in [0.2, 0.25) is 0 Å². The molecule has 1 N–H and O–H groups in total. The Balaban J connectivity index is 2.03. The van der Waals surface area contributed by atoms with E-state index in [2.05, 4.69) is 20.1 Å². The van der Waals surface area contributed by atoms with E-state index in [0.29, 0.717) is 12.2 Å². The number of pyridine rings is 1. The molecule has 2 aromatic rings. The van der Waals surface area contributed by atoms with Crippen molar-refractivity contribution in [3.8, 4) is 0 Å². The average Bonchev–Trinajstić information content (AvgIpc) is 2.80. The molecule has 2 aromatic heterocycles. The predicted octanol–water partition coefficient (Wildman–Crippen LogP) is 1.91. The van der Waals surface area contributed by atoms with Crippen LogP contribution in [0.4, 0.5) is 0 Å². The molecular weight excluding hydrogens is 280 g/mol. The van der Waals surface area contributed by atoms with Gasteiger partial charge in [-0.05, 0) is 32.0 Å². The summed E-state index contributed by atoms with van der Waals surface area (Å²) in [6.07, 6.45) is 4.80. The minimum absolute atomic E-state index is 0.258. The van der Waals surface area contributed by atoms with Gasteiger partial charge in [0.15, 0.2) is 0 Å². The van der Waals surface area contributed by atoms with Gasteiger partial charge in [0.05, 0.1) is 12.8 Å². The first kappa shape index (κ1) is 15.9. The number of methoxy groups -OCH3 is 1. The van der Waals surface area contributed by atoms with Crippen molar-refractivity contribution in [2.24, 2.45) is 5.10 Å². The van der Waals surface area contributed by atoms with Crippen LogP contribution < -0.4 is 5.43 Å². The largest absolute Gasteiger partial charge is 0.383 e. The number of rotatable bonds is 6. The number of aromatic nitrogens is 2. The molecule has 2 heterocycles. The van der Waals surface area contributed by atoms with Gasteiger partial charge in [-0.2, -0.15) is 5.10 Å². The first-order valence-corrected chi connectivity index (χ1v) is 7.02. The van der Waals surface area contributed by atoms with Crippen LogP contribution in [0.15, 0.2) is 35.7 Å². The molecule has 0 aliphatic rings. The lowest BCUT2D eigenvalue weighted by molar-refractivity contribution is 0.0955. The third-order valence-corrected chi connectivity index (χ3v) is 3.44. The minimum atomic E-state index is -0.258. The maximum atomic E-state index is 11.9. The van der Waals surface area contributed by atoms with Gasteiger partial charge in [0.1, 0.15) is 0 Å². The highest BCUT2D eigenvalue weighted by Crippen LogP contribution is 2.13. The third-order valence-electron chi connectivity index (χ3n) is 3.44. The van der Waals surface area contributed by atoms with Gasteiger partial charge in [0, 0.05) is 48.6 Å². The van der Waals surface area contributed by atoms with Crippen molar-refractivity contribution in [1.82, 2.24) is 15.0 Å². The fraction of sp³-hybridized carbons (Fsp3) is 0.312. The lowest BCUT2D eigenvalue weighted by Crippen LogP contribution is -2.17. The standard InChI is InChI=1S/C16H20N4O2/c1-12-10-15(13(2)20(12)8-9-22-3)11-18-19-16(21)14-4-6-17-7-5-14/h4-7,10-11H,8-9H2,1-3H3,(H,19,21). The van der Waals surface area contributed by atoms with Gasteiger partial charge < -0.3 is 9.30 Å². The van der Waals surface area contributed by atoms with Crippen molar-refractivity contribution in [2.75, 3.05) is 13.7 Å². The molecule has 0 bridgehead atoms. The molecule has 1 amide bonds. The number of amides is 1. The highest BCUT2D eigenvalue weighted by atomic mass is 16.5. The maximum Gasteiger partial charge on any atom is 0.271 e. The Hall–Kier alpha value is -2.47. The molecule has 0 saturated carbocycles. The number of ether oxygens (including phenoxy) is 1. The summed E-state index contributed by atoms with van der Waals surface area (Å²) >= 11 is 0. The van der Waals surface area contributed by atoms with Crippen molar-refractivity contribution in [1.29, 1.82) is 0 Å². The van der Waals surface area contributed by atoms with Crippen molar-refractivity contribution in [2.45, 2.75) is 20.4 Å². The van der Waals surface area contributed by atoms with Crippen LogP contribution in [0.25, 0.3) is 0 Å². The highest BCUT2D eigenvalue weighted by molar-refractivity contribution is 5.94. The Kier molecular flexibility index (Phi) is 5.43. The second-order valence-corrected chi connectivity index (χ2v) is 4.91. The molecule has 2 rings (SSSR count). The Bertz CT molecular complexity index is 662. The van der Waals surface area contributed by atoms with Gasteiger partial charge in [-0.1, -0.05) is 0 Å². The molecule has 0 aliphatic heterocycles. The van der Waals surface area contributed by atoms with E-state index in [-0.39, 0.29) is 5.91 Å². The van der Waals surface area contributed by atoms with E-state index in [0.717, 1.165) is 23.5 Å². The highest BCUT2D eigenvalue weighted by Gasteiger charge is 2.07. The summed E-state index contributed by atoms with van der Waals surface area (Å²) in [5, 5.41) is 4.02. The number of carbonyl (C=O) groups is 1. The lowest BCUT2D eigenvalue weighted by Gasteiger charge is -2.08. The number of nitrogens with zero attached hydrogens (tertiary/aromatic N) is 3. The predicted molar refractivity (Wildman–Crippen MR) is 85.1 cm³/mol. The van der Waals surface area contributed by atoms with E-state index in [1.54, 1.807) is 37.9 Å². The van der Waals surface area contributed by atoms with Crippen molar-refractivity contribution >= 4 is 12.1 Å². The van der Waals surface area contributed by atoms with Crippen LogP contribution in [0.5, 0.6) is 0 Å². The molecule has 22 heavy (non-hydrogen) atoms. The molecule has 0 aliphatic carbocycles. The Labute approximate surface area is 129 Å². The molecule has 6 nitrogen and oxygen atoms in total. The summed E-state index contributed by atoms with van der Waals surface area (Å²) < 4.78 is 7.27. The number of hydrogen-bond acceptors (Lipinski definition) is 4. The normalized spacial score (nSPS) is 11.0. The first-order chi connectivity index (χ1) is 10.6. The van der Waals surface area contributed by atoms with Gasteiger partial charge in [-0.25, -0.2) is 5.43 Å². The summed E-state index contributed by atoms with van der Waals surface area (Å²) in [4.78, 5) is 15.7.